The summed E-state index contributed by atoms with van der Waals surface area (Å²) >= 11 is 0. The molecular weight excluding hydrogens is 514 g/mol. The van der Waals surface area contributed by atoms with Gasteiger partial charge in [-0.1, -0.05) is 13.3 Å². The molecule has 1 aliphatic rings. The zero-order chi connectivity index (χ0) is 29.3. The van der Waals surface area contributed by atoms with Crippen LogP contribution >= 0.6 is 0 Å². The van der Waals surface area contributed by atoms with Crippen molar-refractivity contribution in [2.24, 2.45) is 0 Å². The van der Waals surface area contributed by atoms with Crippen LogP contribution in [0.3, 0.4) is 0 Å². The molecule has 4 heterocycles. The number of amides is 1. The first-order valence-corrected chi connectivity index (χ1v) is 14.6. The summed E-state index contributed by atoms with van der Waals surface area (Å²) in [5.41, 5.74) is 7.89. The van der Waals surface area contributed by atoms with Crippen LogP contribution < -0.4 is 15.8 Å². The summed E-state index contributed by atoms with van der Waals surface area (Å²) in [5, 5.41) is 4.15. The molecule has 0 unspecified atom stereocenters. The highest BCUT2D eigenvalue weighted by Crippen LogP contribution is 2.36. The Morgan fingerprint density at radius 3 is 2.59 bits per heavy atom. The van der Waals surface area contributed by atoms with Crippen LogP contribution in [-0.4, -0.2) is 46.7 Å². The van der Waals surface area contributed by atoms with Gasteiger partial charge >= 0.3 is 0 Å². The van der Waals surface area contributed by atoms with Gasteiger partial charge in [0.2, 0.25) is 0 Å². The molecule has 1 aromatic carbocycles. The Kier molecular flexibility index (Phi) is 8.31. The maximum absolute atomic E-state index is 13.8. The molecule has 0 atom stereocenters. The van der Waals surface area contributed by atoms with Crippen molar-refractivity contribution < 1.29 is 9.53 Å². The number of aromatic amines is 1. The number of aryl methyl sites for hydroxylation is 4. The Bertz CT molecular complexity index is 1640. The lowest BCUT2D eigenvalue weighted by atomic mass is 9.94. The summed E-state index contributed by atoms with van der Waals surface area (Å²) in [7, 11) is 0. The summed E-state index contributed by atoms with van der Waals surface area (Å²) in [4.78, 5) is 36.6. The van der Waals surface area contributed by atoms with Crippen LogP contribution in [0.25, 0.3) is 22.0 Å². The summed E-state index contributed by atoms with van der Waals surface area (Å²) in [6, 6.07) is 8.51. The molecule has 1 aliphatic heterocycles. The number of hydrogen-bond acceptors (Lipinski definition) is 5. The number of benzene rings is 1. The summed E-state index contributed by atoms with van der Waals surface area (Å²) in [5.74, 6) is 0.781. The van der Waals surface area contributed by atoms with Gasteiger partial charge in [-0.3, -0.25) is 9.59 Å². The molecule has 2 N–H and O–H groups in total. The number of H-pyrrole nitrogens is 1. The van der Waals surface area contributed by atoms with Crippen molar-refractivity contribution in [3.05, 3.63) is 80.5 Å². The number of hydrogen-bond donors (Lipinski definition) is 2. The predicted molar refractivity (Wildman–Crippen MR) is 165 cm³/mol. The van der Waals surface area contributed by atoms with E-state index in [1.54, 1.807) is 0 Å². The molecule has 3 aromatic heterocycles. The van der Waals surface area contributed by atoms with Crippen LogP contribution in [-0.2, 0) is 17.7 Å². The van der Waals surface area contributed by atoms with E-state index in [9.17, 15) is 9.59 Å². The van der Waals surface area contributed by atoms with Crippen LogP contribution in [0.4, 0.5) is 5.82 Å². The molecule has 0 spiro atoms. The highest BCUT2D eigenvalue weighted by Gasteiger charge is 2.22. The highest BCUT2D eigenvalue weighted by atomic mass is 16.5. The number of nitrogens with one attached hydrogen (secondary N) is 2. The summed E-state index contributed by atoms with van der Waals surface area (Å²) in [6.45, 7) is 15.6. The Labute approximate surface area is 241 Å². The van der Waals surface area contributed by atoms with Gasteiger partial charge in [-0.2, -0.15) is 0 Å². The molecule has 1 saturated heterocycles. The molecule has 5 rings (SSSR count). The SMILES string of the molecule is CCCc1cc(C)[nH]c(=O)c1CNC(=O)c1cc(-c2cnc(N3CCOCC3)c(C)c2)c2ccn(C(C)C)c2c1C. The first kappa shape index (κ1) is 28.6. The van der Waals surface area contributed by atoms with Gasteiger partial charge in [0.15, 0.2) is 0 Å². The number of nitrogens with zero attached hydrogens (tertiary/aromatic N) is 3. The number of pyridine rings is 2. The van der Waals surface area contributed by atoms with Crippen molar-refractivity contribution in [2.75, 3.05) is 31.2 Å². The zero-order valence-corrected chi connectivity index (χ0v) is 25.1. The summed E-state index contributed by atoms with van der Waals surface area (Å²) < 4.78 is 7.74. The largest absolute Gasteiger partial charge is 0.378 e. The number of carbonyl (C=O) groups is 1. The Hall–Kier alpha value is -3.91. The lowest BCUT2D eigenvalue weighted by Crippen LogP contribution is -2.37. The number of ether oxygens (including phenoxy) is 1. The van der Waals surface area contributed by atoms with Gasteiger partial charge in [0.1, 0.15) is 5.82 Å². The van der Waals surface area contributed by atoms with Gasteiger partial charge in [0.05, 0.1) is 18.7 Å². The van der Waals surface area contributed by atoms with E-state index < -0.39 is 0 Å². The number of aromatic nitrogens is 3. The molecule has 8 heteroatoms. The van der Waals surface area contributed by atoms with Crippen molar-refractivity contribution in [1.29, 1.82) is 0 Å². The second kappa shape index (κ2) is 11.9. The standard InChI is InChI=1S/C33H41N5O3/c1-7-8-24-16-22(5)36-33(40)29(24)19-35-32(39)27-17-28(26-9-10-38(20(2)3)30(26)23(27)6)25-15-21(4)31(34-18-25)37-11-13-41-14-12-37/h9-10,15-18,20H,7-8,11-14,19H2,1-6H3,(H,35,39)(H,36,40). The van der Waals surface area contributed by atoms with E-state index in [-0.39, 0.29) is 24.1 Å². The van der Waals surface area contributed by atoms with E-state index >= 15 is 0 Å². The quantitative estimate of drug-likeness (QED) is 0.295. The highest BCUT2D eigenvalue weighted by molar-refractivity contribution is 6.06. The zero-order valence-electron chi connectivity index (χ0n) is 25.1. The molecule has 8 nitrogen and oxygen atoms in total. The lowest BCUT2D eigenvalue weighted by Gasteiger charge is -2.29. The molecule has 216 valence electrons. The maximum Gasteiger partial charge on any atom is 0.253 e. The normalized spacial score (nSPS) is 13.8. The fourth-order valence-corrected chi connectivity index (χ4v) is 5.98. The number of morpholine rings is 1. The topological polar surface area (TPSA) is 92.2 Å². The van der Waals surface area contributed by atoms with E-state index in [1.165, 1.54) is 0 Å². The molecule has 0 radical (unpaired) electrons. The first-order chi connectivity index (χ1) is 19.7. The number of rotatable bonds is 8. The van der Waals surface area contributed by atoms with Gasteiger partial charge in [-0.05, 0) is 87.6 Å². The average molecular weight is 556 g/mol. The minimum Gasteiger partial charge on any atom is -0.378 e. The maximum atomic E-state index is 13.8. The van der Waals surface area contributed by atoms with Crippen molar-refractivity contribution in [2.45, 2.75) is 67.0 Å². The van der Waals surface area contributed by atoms with E-state index in [0.717, 1.165) is 76.2 Å². The number of carbonyl (C=O) groups excluding carboxylic acids is 1. The van der Waals surface area contributed by atoms with Crippen molar-refractivity contribution >= 4 is 22.6 Å². The number of anilines is 1. The van der Waals surface area contributed by atoms with Crippen molar-refractivity contribution in [1.82, 2.24) is 19.9 Å². The van der Waals surface area contributed by atoms with E-state index in [2.05, 4.69) is 65.8 Å². The molecular formula is C33H41N5O3. The molecule has 0 aliphatic carbocycles. The third-order valence-corrected chi connectivity index (χ3v) is 8.03. The molecule has 0 saturated carbocycles. The second-order valence-corrected chi connectivity index (χ2v) is 11.4. The van der Waals surface area contributed by atoms with Gasteiger partial charge < -0.3 is 24.5 Å². The minimum atomic E-state index is -0.195. The lowest BCUT2D eigenvalue weighted by molar-refractivity contribution is 0.0950. The van der Waals surface area contributed by atoms with Gasteiger partial charge in [0.25, 0.3) is 11.5 Å². The third kappa shape index (κ3) is 5.66. The Balaban J connectivity index is 1.55. The third-order valence-electron chi connectivity index (χ3n) is 8.03. The minimum absolute atomic E-state index is 0.141. The molecule has 1 fully saturated rings. The number of fused-ring (bicyclic) bond motifs is 1. The monoisotopic (exact) mass is 555 g/mol. The predicted octanol–water partition coefficient (Wildman–Crippen LogP) is 5.62. The fraction of sp³-hybridized carbons (Fsp3) is 0.424. The van der Waals surface area contributed by atoms with E-state index in [4.69, 9.17) is 9.72 Å². The van der Waals surface area contributed by atoms with Crippen LogP contribution in [0.5, 0.6) is 0 Å². The van der Waals surface area contributed by atoms with Gasteiger partial charge in [0, 0.05) is 65.8 Å². The van der Waals surface area contributed by atoms with E-state index in [1.807, 2.05) is 32.2 Å². The van der Waals surface area contributed by atoms with Crippen LogP contribution in [0.1, 0.15) is 71.5 Å². The Morgan fingerprint density at radius 2 is 1.90 bits per heavy atom. The molecule has 0 bridgehead atoms. The smallest absolute Gasteiger partial charge is 0.253 e. The molecule has 4 aromatic rings. The molecule has 1 amide bonds. The Morgan fingerprint density at radius 1 is 1.15 bits per heavy atom. The second-order valence-electron chi connectivity index (χ2n) is 11.4. The first-order valence-electron chi connectivity index (χ1n) is 14.6. The van der Waals surface area contributed by atoms with Crippen LogP contribution in [0.15, 0.2) is 41.5 Å². The van der Waals surface area contributed by atoms with Crippen LogP contribution in [0, 0.1) is 20.8 Å². The van der Waals surface area contributed by atoms with Gasteiger partial charge in [-0.25, -0.2) is 4.98 Å². The summed E-state index contributed by atoms with van der Waals surface area (Å²) in [6.07, 6.45) is 5.73. The average Bonchev–Trinajstić information content (AvgIpc) is 3.40. The van der Waals surface area contributed by atoms with Crippen molar-refractivity contribution in [3.63, 3.8) is 0 Å². The van der Waals surface area contributed by atoms with Gasteiger partial charge in [-0.15, -0.1) is 0 Å². The van der Waals surface area contributed by atoms with Crippen LogP contribution in [0.2, 0.25) is 0 Å². The van der Waals surface area contributed by atoms with Crippen molar-refractivity contribution in [3.8, 4) is 11.1 Å². The van der Waals surface area contributed by atoms with E-state index in [0.29, 0.717) is 24.3 Å². The fourth-order valence-electron chi connectivity index (χ4n) is 5.98. The molecule has 41 heavy (non-hydrogen) atoms.